The molecule has 8 nitrogen and oxygen atoms in total. The van der Waals surface area contributed by atoms with E-state index in [2.05, 4.69) is 15.0 Å². The van der Waals surface area contributed by atoms with Gasteiger partial charge in [-0.1, -0.05) is 0 Å². The van der Waals surface area contributed by atoms with Crippen molar-refractivity contribution >= 4 is 11.9 Å². The molecule has 0 unspecified atom stereocenters. The van der Waals surface area contributed by atoms with Gasteiger partial charge in [-0.15, -0.1) is 0 Å². The van der Waals surface area contributed by atoms with Crippen molar-refractivity contribution in [1.82, 2.24) is 19.9 Å². The minimum absolute atomic E-state index is 0.0173. The molecule has 1 amide bonds. The van der Waals surface area contributed by atoms with E-state index < -0.39 is 17.8 Å². The standard InChI is InChI=1S/C21H18F3N5O3/c22-21(23,24)15-1-6-19(27-13-15)31-16-2-4-17(5-3-16)32-20(30)29-11-9-28(10-12-29)18-14-25-7-8-26-18/h1-8,13-14H,9-12H2. The number of carbonyl (C=O) groups is 1. The summed E-state index contributed by atoms with van der Waals surface area (Å²) in [5.41, 5.74) is -0.857. The van der Waals surface area contributed by atoms with Crippen molar-refractivity contribution in [2.24, 2.45) is 0 Å². The first kappa shape index (κ1) is 21.3. The molecule has 1 saturated heterocycles. The molecule has 32 heavy (non-hydrogen) atoms. The summed E-state index contributed by atoms with van der Waals surface area (Å²) in [6, 6.07) is 8.17. The maximum atomic E-state index is 12.6. The monoisotopic (exact) mass is 445 g/mol. The van der Waals surface area contributed by atoms with Gasteiger partial charge in [0.05, 0.1) is 11.8 Å². The number of nitrogens with zero attached hydrogens (tertiary/aromatic N) is 5. The lowest BCUT2D eigenvalue weighted by Gasteiger charge is -2.34. The molecule has 0 spiro atoms. The van der Waals surface area contributed by atoms with Gasteiger partial charge in [-0.25, -0.2) is 14.8 Å². The third-order valence-corrected chi connectivity index (χ3v) is 4.73. The molecule has 0 saturated carbocycles. The van der Waals surface area contributed by atoms with Crippen LogP contribution in [0.3, 0.4) is 0 Å². The van der Waals surface area contributed by atoms with E-state index in [4.69, 9.17) is 9.47 Å². The molecule has 11 heteroatoms. The summed E-state index contributed by atoms with van der Waals surface area (Å²) in [7, 11) is 0. The smallest absolute Gasteiger partial charge is 0.417 e. The summed E-state index contributed by atoms with van der Waals surface area (Å²) < 4.78 is 48.6. The first-order chi connectivity index (χ1) is 15.4. The van der Waals surface area contributed by atoms with Gasteiger partial charge in [0.1, 0.15) is 17.3 Å². The van der Waals surface area contributed by atoms with E-state index in [0.717, 1.165) is 18.0 Å². The molecule has 1 aliphatic rings. The summed E-state index contributed by atoms with van der Waals surface area (Å²) in [4.78, 5) is 28.0. The van der Waals surface area contributed by atoms with Gasteiger partial charge >= 0.3 is 12.3 Å². The SMILES string of the molecule is O=C(Oc1ccc(Oc2ccc(C(F)(F)F)cn2)cc1)N1CCN(c2cnccn2)CC1. The van der Waals surface area contributed by atoms with Crippen LogP contribution in [-0.4, -0.2) is 52.1 Å². The molecule has 1 fully saturated rings. The second-order valence-corrected chi connectivity index (χ2v) is 6.86. The Kier molecular flexibility index (Phi) is 6.06. The van der Waals surface area contributed by atoms with Gasteiger partial charge < -0.3 is 19.3 Å². The second-order valence-electron chi connectivity index (χ2n) is 6.86. The van der Waals surface area contributed by atoms with Crippen LogP contribution in [0.5, 0.6) is 17.4 Å². The van der Waals surface area contributed by atoms with E-state index in [0.29, 0.717) is 43.9 Å². The van der Waals surface area contributed by atoms with E-state index in [-0.39, 0.29) is 5.88 Å². The van der Waals surface area contributed by atoms with Gasteiger partial charge in [0, 0.05) is 50.8 Å². The van der Waals surface area contributed by atoms with Crippen LogP contribution in [-0.2, 0) is 6.18 Å². The van der Waals surface area contributed by atoms with Crippen LogP contribution in [0.15, 0.2) is 61.2 Å². The Morgan fingerprint density at radius 1 is 0.875 bits per heavy atom. The highest BCUT2D eigenvalue weighted by Gasteiger charge is 2.30. The van der Waals surface area contributed by atoms with Crippen molar-refractivity contribution in [3.63, 3.8) is 0 Å². The summed E-state index contributed by atoms with van der Waals surface area (Å²) in [5, 5.41) is 0. The summed E-state index contributed by atoms with van der Waals surface area (Å²) in [6.45, 7) is 2.19. The molecule has 1 aliphatic heterocycles. The number of hydrogen-bond acceptors (Lipinski definition) is 7. The van der Waals surface area contributed by atoms with Gasteiger partial charge in [0.2, 0.25) is 5.88 Å². The average Bonchev–Trinajstić information content (AvgIpc) is 2.81. The number of benzene rings is 1. The van der Waals surface area contributed by atoms with E-state index >= 15 is 0 Å². The quantitative estimate of drug-likeness (QED) is 0.600. The van der Waals surface area contributed by atoms with Crippen molar-refractivity contribution in [3.05, 3.63) is 66.7 Å². The Morgan fingerprint density at radius 2 is 1.59 bits per heavy atom. The van der Waals surface area contributed by atoms with Gasteiger partial charge in [0.15, 0.2) is 0 Å². The molecule has 0 aliphatic carbocycles. The van der Waals surface area contributed by atoms with Crippen LogP contribution in [0.1, 0.15) is 5.56 Å². The van der Waals surface area contributed by atoms with E-state index in [1.54, 1.807) is 23.5 Å². The fourth-order valence-electron chi connectivity index (χ4n) is 3.04. The Morgan fingerprint density at radius 3 is 2.19 bits per heavy atom. The number of aromatic nitrogens is 3. The van der Waals surface area contributed by atoms with E-state index in [1.165, 1.54) is 24.3 Å². The van der Waals surface area contributed by atoms with Crippen LogP contribution >= 0.6 is 0 Å². The van der Waals surface area contributed by atoms with Crippen LogP contribution in [0.4, 0.5) is 23.8 Å². The lowest BCUT2D eigenvalue weighted by molar-refractivity contribution is -0.137. The van der Waals surface area contributed by atoms with Crippen LogP contribution in [0, 0.1) is 0 Å². The fourth-order valence-corrected chi connectivity index (χ4v) is 3.04. The Bertz CT molecular complexity index is 1040. The highest BCUT2D eigenvalue weighted by Crippen LogP contribution is 2.30. The predicted octanol–water partition coefficient (Wildman–Crippen LogP) is 4.00. The first-order valence-corrected chi connectivity index (χ1v) is 9.67. The van der Waals surface area contributed by atoms with Crippen LogP contribution < -0.4 is 14.4 Å². The molecule has 0 atom stereocenters. The van der Waals surface area contributed by atoms with E-state index in [9.17, 15) is 18.0 Å². The molecule has 1 aromatic carbocycles. The van der Waals surface area contributed by atoms with Crippen molar-refractivity contribution in [1.29, 1.82) is 0 Å². The van der Waals surface area contributed by atoms with Gasteiger partial charge in [0.25, 0.3) is 0 Å². The zero-order valence-corrected chi connectivity index (χ0v) is 16.7. The minimum Gasteiger partial charge on any atom is -0.439 e. The number of anilines is 1. The van der Waals surface area contributed by atoms with Gasteiger partial charge in [-0.2, -0.15) is 13.2 Å². The number of amides is 1. The first-order valence-electron chi connectivity index (χ1n) is 9.67. The number of piperazine rings is 1. The summed E-state index contributed by atoms with van der Waals surface area (Å²) in [5.74, 6) is 1.44. The Hall–Kier alpha value is -3.89. The zero-order chi connectivity index (χ0) is 22.6. The number of rotatable bonds is 4. The van der Waals surface area contributed by atoms with Crippen LogP contribution in [0.2, 0.25) is 0 Å². The molecule has 3 heterocycles. The fraction of sp³-hybridized carbons (Fsp3) is 0.238. The Labute approximate surface area is 181 Å². The number of pyridine rings is 1. The molecule has 0 N–H and O–H groups in total. The highest BCUT2D eigenvalue weighted by atomic mass is 19.4. The highest BCUT2D eigenvalue weighted by molar-refractivity contribution is 5.71. The maximum absolute atomic E-state index is 12.6. The number of hydrogen-bond donors (Lipinski definition) is 0. The van der Waals surface area contributed by atoms with Gasteiger partial charge in [-0.05, 0) is 30.3 Å². The molecule has 4 rings (SSSR count). The predicted molar refractivity (Wildman–Crippen MR) is 108 cm³/mol. The number of alkyl halides is 3. The number of halogens is 3. The molecule has 0 bridgehead atoms. The second kappa shape index (κ2) is 9.08. The average molecular weight is 445 g/mol. The summed E-state index contributed by atoms with van der Waals surface area (Å²) >= 11 is 0. The van der Waals surface area contributed by atoms with Crippen molar-refractivity contribution in [3.8, 4) is 17.4 Å². The third kappa shape index (κ3) is 5.23. The van der Waals surface area contributed by atoms with Crippen LogP contribution in [0.25, 0.3) is 0 Å². The lowest BCUT2D eigenvalue weighted by Crippen LogP contribution is -2.49. The van der Waals surface area contributed by atoms with Crippen molar-refractivity contribution in [2.75, 3.05) is 31.1 Å². The van der Waals surface area contributed by atoms with Gasteiger partial charge in [-0.3, -0.25) is 4.98 Å². The lowest BCUT2D eigenvalue weighted by atomic mass is 10.3. The minimum atomic E-state index is -4.46. The molecule has 0 radical (unpaired) electrons. The molecular formula is C21H18F3N5O3. The molecule has 2 aromatic heterocycles. The molecule has 166 valence electrons. The molecular weight excluding hydrogens is 427 g/mol. The zero-order valence-electron chi connectivity index (χ0n) is 16.7. The Balaban J connectivity index is 1.28. The largest absolute Gasteiger partial charge is 0.439 e. The topological polar surface area (TPSA) is 80.7 Å². The van der Waals surface area contributed by atoms with E-state index in [1.807, 2.05) is 4.90 Å². The maximum Gasteiger partial charge on any atom is 0.417 e. The third-order valence-electron chi connectivity index (χ3n) is 4.73. The normalized spacial score (nSPS) is 14.2. The number of ether oxygens (including phenoxy) is 2. The molecule has 3 aromatic rings. The van der Waals surface area contributed by atoms with Crippen molar-refractivity contribution in [2.45, 2.75) is 6.18 Å². The van der Waals surface area contributed by atoms with Crippen molar-refractivity contribution < 1.29 is 27.4 Å². The summed E-state index contributed by atoms with van der Waals surface area (Å²) in [6.07, 6.45) is 0.680. The number of carbonyl (C=O) groups excluding carboxylic acids is 1.